The van der Waals surface area contributed by atoms with Crippen LogP contribution in [0.4, 0.5) is 0 Å². The molecule has 0 aliphatic carbocycles. The normalized spacial score (nSPS) is 12.1. The monoisotopic (exact) mass is 142 g/mol. The minimum absolute atomic E-state index is 0.192. The smallest absolute Gasteiger partial charge is 0.0614 e. The minimum atomic E-state index is 0.192. The lowest BCUT2D eigenvalue weighted by Gasteiger charge is -1.97. The summed E-state index contributed by atoms with van der Waals surface area (Å²) in [5, 5.41) is 8.52. The molecule has 1 nitrogen and oxygen atoms in total. The van der Waals surface area contributed by atoms with Gasteiger partial charge in [0.2, 0.25) is 0 Å². The van der Waals surface area contributed by atoms with E-state index in [1.807, 2.05) is 6.08 Å². The van der Waals surface area contributed by atoms with Crippen LogP contribution >= 0.6 is 0 Å². The Morgan fingerprint density at radius 3 is 2.60 bits per heavy atom. The van der Waals surface area contributed by atoms with Crippen molar-refractivity contribution in [2.45, 2.75) is 39.5 Å². The van der Waals surface area contributed by atoms with Crippen molar-refractivity contribution in [3.8, 4) is 0 Å². The second-order valence-corrected chi connectivity index (χ2v) is 2.69. The number of rotatable bonds is 5. The third kappa shape index (κ3) is 5.83. The molecule has 0 spiro atoms. The van der Waals surface area contributed by atoms with Crippen LogP contribution in [0.25, 0.3) is 0 Å². The molecule has 0 bridgehead atoms. The van der Waals surface area contributed by atoms with Crippen LogP contribution in [0.2, 0.25) is 0 Å². The Kier molecular flexibility index (Phi) is 6.61. The van der Waals surface area contributed by atoms with Crippen LogP contribution in [0.3, 0.4) is 0 Å². The van der Waals surface area contributed by atoms with Crippen molar-refractivity contribution >= 4 is 0 Å². The first kappa shape index (κ1) is 9.70. The van der Waals surface area contributed by atoms with Crippen molar-refractivity contribution in [2.24, 2.45) is 0 Å². The summed E-state index contributed by atoms with van der Waals surface area (Å²) in [5.41, 5.74) is 1.32. The molecule has 0 aromatic rings. The molecule has 0 rings (SSSR count). The van der Waals surface area contributed by atoms with Gasteiger partial charge in [0, 0.05) is 0 Å². The highest BCUT2D eigenvalue weighted by Gasteiger charge is 1.88. The number of unbranched alkanes of at least 4 members (excludes halogenated alkanes) is 2. The Morgan fingerprint density at radius 1 is 1.40 bits per heavy atom. The molecule has 0 saturated heterocycles. The maximum atomic E-state index is 8.52. The van der Waals surface area contributed by atoms with Crippen molar-refractivity contribution in [3.63, 3.8) is 0 Å². The molecule has 0 saturated carbocycles. The lowest BCUT2D eigenvalue weighted by atomic mass is 10.1. The molecule has 0 heterocycles. The van der Waals surface area contributed by atoms with E-state index < -0.39 is 0 Å². The molecule has 0 amide bonds. The van der Waals surface area contributed by atoms with E-state index in [0.717, 1.165) is 6.42 Å². The van der Waals surface area contributed by atoms with Gasteiger partial charge in [0.15, 0.2) is 0 Å². The quantitative estimate of drug-likeness (QED) is 0.462. The van der Waals surface area contributed by atoms with Crippen LogP contribution in [0.15, 0.2) is 11.6 Å². The van der Waals surface area contributed by atoms with E-state index in [1.165, 1.54) is 24.8 Å². The highest BCUT2D eigenvalue weighted by molar-refractivity contribution is 4.97. The van der Waals surface area contributed by atoms with Crippen molar-refractivity contribution in [3.05, 3.63) is 11.6 Å². The molecule has 0 unspecified atom stereocenters. The molecule has 0 aromatic carbocycles. The van der Waals surface area contributed by atoms with E-state index in [2.05, 4.69) is 13.8 Å². The summed E-state index contributed by atoms with van der Waals surface area (Å²) in [6.07, 6.45) is 6.87. The largest absolute Gasteiger partial charge is 0.392 e. The lowest BCUT2D eigenvalue weighted by molar-refractivity contribution is 0.341. The zero-order chi connectivity index (χ0) is 7.82. The third-order valence-electron chi connectivity index (χ3n) is 1.61. The van der Waals surface area contributed by atoms with Gasteiger partial charge in [-0.25, -0.2) is 0 Å². The molecule has 0 aliphatic heterocycles. The highest BCUT2D eigenvalue weighted by Crippen LogP contribution is 2.06. The predicted octanol–water partition coefficient (Wildman–Crippen LogP) is 2.51. The van der Waals surface area contributed by atoms with Crippen LogP contribution in [-0.4, -0.2) is 11.7 Å². The fourth-order valence-corrected chi connectivity index (χ4v) is 0.912. The zero-order valence-electron chi connectivity index (χ0n) is 7.06. The average molecular weight is 142 g/mol. The number of aliphatic hydroxyl groups is 1. The molecule has 60 valence electrons. The second-order valence-electron chi connectivity index (χ2n) is 2.69. The summed E-state index contributed by atoms with van der Waals surface area (Å²) in [4.78, 5) is 0. The molecule has 1 N–H and O–H groups in total. The number of aliphatic hydroxyl groups excluding tert-OH is 1. The van der Waals surface area contributed by atoms with E-state index in [0.29, 0.717) is 0 Å². The van der Waals surface area contributed by atoms with Gasteiger partial charge in [-0.3, -0.25) is 0 Å². The van der Waals surface area contributed by atoms with Crippen molar-refractivity contribution in [1.29, 1.82) is 0 Å². The third-order valence-corrected chi connectivity index (χ3v) is 1.61. The fourth-order valence-electron chi connectivity index (χ4n) is 0.912. The van der Waals surface area contributed by atoms with E-state index in [9.17, 15) is 0 Å². The predicted molar refractivity (Wildman–Crippen MR) is 45.0 cm³/mol. The Hall–Kier alpha value is -0.300. The number of allylic oxidation sites excluding steroid dienone is 1. The Labute approximate surface area is 63.8 Å². The standard InChI is InChI=1S/C9H18O/c1-3-4-5-6-9(2)7-8-10/h7,10H,3-6,8H2,1-2H3/b9-7-. The molecular formula is C9H18O. The van der Waals surface area contributed by atoms with E-state index in [4.69, 9.17) is 5.11 Å². The zero-order valence-corrected chi connectivity index (χ0v) is 7.06. The van der Waals surface area contributed by atoms with Crippen molar-refractivity contribution in [2.75, 3.05) is 6.61 Å². The van der Waals surface area contributed by atoms with Gasteiger partial charge >= 0.3 is 0 Å². The summed E-state index contributed by atoms with van der Waals surface area (Å²) in [5.74, 6) is 0. The van der Waals surface area contributed by atoms with Crippen LogP contribution in [-0.2, 0) is 0 Å². The Morgan fingerprint density at radius 2 is 2.10 bits per heavy atom. The molecule has 0 radical (unpaired) electrons. The minimum Gasteiger partial charge on any atom is -0.392 e. The molecule has 1 heteroatoms. The van der Waals surface area contributed by atoms with Crippen molar-refractivity contribution in [1.82, 2.24) is 0 Å². The van der Waals surface area contributed by atoms with Gasteiger partial charge in [0.25, 0.3) is 0 Å². The van der Waals surface area contributed by atoms with Gasteiger partial charge in [-0.2, -0.15) is 0 Å². The van der Waals surface area contributed by atoms with Crippen molar-refractivity contribution < 1.29 is 5.11 Å². The van der Waals surface area contributed by atoms with Gasteiger partial charge in [-0.1, -0.05) is 31.4 Å². The van der Waals surface area contributed by atoms with Gasteiger partial charge in [0.05, 0.1) is 6.61 Å². The topological polar surface area (TPSA) is 20.2 Å². The molecule has 0 atom stereocenters. The maximum Gasteiger partial charge on any atom is 0.0614 e. The first-order chi connectivity index (χ1) is 4.81. The average Bonchev–Trinajstić information content (AvgIpc) is 1.89. The van der Waals surface area contributed by atoms with E-state index in [1.54, 1.807) is 0 Å². The molecule has 0 aromatic heterocycles. The van der Waals surface area contributed by atoms with Gasteiger partial charge in [-0.05, 0) is 19.8 Å². The molecule has 10 heavy (non-hydrogen) atoms. The number of hydrogen-bond donors (Lipinski definition) is 1. The van der Waals surface area contributed by atoms with Gasteiger partial charge in [-0.15, -0.1) is 0 Å². The van der Waals surface area contributed by atoms with Crippen LogP contribution in [0.5, 0.6) is 0 Å². The summed E-state index contributed by atoms with van der Waals surface area (Å²) in [6.45, 7) is 4.47. The van der Waals surface area contributed by atoms with E-state index in [-0.39, 0.29) is 6.61 Å². The summed E-state index contributed by atoms with van der Waals surface area (Å²) < 4.78 is 0. The molecular weight excluding hydrogens is 124 g/mol. The SMILES string of the molecule is CCCCC/C(C)=C\CO. The summed E-state index contributed by atoms with van der Waals surface area (Å²) >= 11 is 0. The lowest BCUT2D eigenvalue weighted by Crippen LogP contribution is -1.81. The Balaban J connectivity index is 3.21. The summed E-state index contributed by atoms with van der Waals surface area (Å²) in [7, 11) is 0. The highest BCUT2D eigenvalue weighted by atomic mass is 16.2. The fraction of sp³-hybridized carbons (Fsp3) is 0.778. The van der Waals surface area contributed by atoms with E-state index >= 15 is 0 Å². The van der Waals surface area contributed by atoms with Gasteiger partial charge in [0.1, 0.15) is 0 Å². The number of hydrogen-bond acceptors (Lipinski definition) is 1. The van der Waals surface area contributed by atoms with Crippen LogP contribution < -0.4 is 0 Å². The van der Waals surface area contributed by atoms with Gasteiger partial charge < -0.3 is 5.11 Å². The first-order valence-electron chi connectivity index (χ1n) is 4.07. The van der Waals surface area contributed by atoms with Crippen LogP contribution in [0, 0.1) is 0 Å². The van der Waals surface area contributed by atoms with Crippen LogP contribution in [0.1, 0.15) is 39.5 Å². The first-order valence-corrected chi connectivity index (χ1v) is 4.07. The molecule has 0 aliphatic rings. The Bertz CT molecular complexity index is 94.9. The second kappa shape index (κ2) is 6.81. The maximum absolute atomic E-state index is 8.52. The molecule has 0 fully saturated rings. The summed E-state index contributed by atoms with van der Waals surface area (Å²) in [6, 6.07) is 0.